The Labute approximate surface area is 168 Å². The molecule has 9 heteroatoms. The van der Waals surface area contributed by atoms with Gasteiger partial charge >= 0.3 is 0 Å². The number of hydrogen-bond acceptors (Lipinski definition) is 5. The number of pyridine rings is 1. The summed E-state index contributed by atoms with van der Waals surface area (Å²) < 4.78 is 32.0. The first-order chi connectivity index (χ1) is 13.9. The SMILES string of the molecule is Cc1nn(C)c2nc(-c3ccco3)cc(C(=O)Nc3ccc(SC(F)F)cc3)c12. The van der Waals surface area contributed by atoms with Gasteiger partial charge in [0.2, 0.25) is 0 Å². The molecule has 0 fully saturated rings. The number of hydrogen-bond donors (Lipinski definition) is 1. The van der Waals surface area contributed by atoms with Crippen LogP contribution in [0, 0.1) is 6.92 Å². The number of nitrogens with one attached hydrogen (secondary N) is 1. The predicted molar refractivity (Wildman–Crippen MR) is 107 cm³/mol. The number of fused-ring (bicyclic) bond motifs is 1. The zero-order valence-electron chi connectivity index (χ0n) is 15.5. The molecule has 0 saturated heterocycles. The maximum atomic E-state index is 13.0. The molecule has 0 aliphatic heterocycles. The second-order valence-electron chi connectivity index (χ2n) is 6.30. The number of benzene rings is 1. The lowest BCUT2D eigenvalue weighted by atomic mass is 10.1. The number of carbonyl (C=O) groups is 1. The number of aryl methyl sites for hydroxylation is 2. The molecule has 148 valence electrons. The summed E-state index contributed by atoms with van der Waals surface area (Å²) in [5.74, 6) is -2.31. The molecule has 0 radical (unpaired) electrons. The third-order valence-electron chi connectivity index (χ3n) is 4.32. The second-order valence-corrected chi connectivity index (χ2v) is 7.36. The van der Waals surface area contributed by atoms with Crippen LogP contribution in [0.25, 0.3) is 22.5 Å². The van der Waals surface area contributed by atoms with Crippen molar-refractivity contribution in [2.24, 2.45) is 7.05 Å². The summed E-state index contributed by atoms with van der Waals surface area (Å²) in [5.41, 5.74) is 2.65. The van der Waals surface area contributed by atoms with Crippen LogP contribution >= 0.6 is 11.8 Å². The van der Waals surface area contributed by atoms with Gasteiger partial charge in [-0.1, -0.05) is 11.8 Å². The predicted octanol–water partition coefficient (Wildman–Crippen LogP) is 5.10. The molecule has 0 saturated carbocycles. The summed E-state index contributed by atoms with van der Waals surface area (Å²) in [6.45, 7) is 1.81. The number of anilines is 1. The van der Waals surface area contributed by atoms with Crippen LogP contribution in [-0.4, -0.2) is 26.4 Å². The molecule has 0 aliphatic rings. The monoisotopic (exact) mass is 414 g/mol. The highest BCUT2D eigenvalue weighted by atomic mass is 32.2. The number of aromatic nitrogens is 3. The van der Waals surface area contributed by atoms with E-state index in [1.807, 2.05) is 6.92 Å². The number of carbonyl (C=O) groups excluding carboxylic acids is 1. The van der Waals surface area contributed by atoms with Gasteiger partial charge in [0.05, 0.1) is 22.9 Å². The summed E-state index contributed by atoms with van der Waals surface area (Å²) in [7, 11) is 1.76. The molecule has 3 heterocycles. The van der Waals surface area contributed by atoms with Gasteiger partial charge in [-0.25, -0.2) is 4.98 Å². The van der Waals surface area contributed by atoms with Gasteiger partial charge in [0, 0.05) is 17.6 Å². The van der Waals surface area contributed by atoms with Crippen LogP contribution in [0.5, 0.6) is 0 Å². The Morgan fingerprint density at radius 3 is 2.66 bits per heavy atom. The fraction of sp³-hybridized carbons (Fsp3) is 0.150. The standard InChI is InChI=1S/C20H16F2N4O2S/c1-11-17-14(19(27)23-12-5-7-13(8-6-12)29-20(21)22)10-15(16-4-3-9-28-16)24-18(17)26(2)25-11/h3-10,20H,1-2H3,(H,23,27). The molecule has 4 rings (SSSR count). The molecule has 1 N–H and O–H groups in total. The van der Waals surface area contributed by atoms with Crippen molar-refractivity contribution in [2.45, 2.75) is 17.6 Å². The van der Waals surface area contributed by atoms with Crippen LogP contribution in [0.15, 0.2) is 58.0 Å². The van der Waals surface area contributed by atoms with E-state index in [2.05, 4.69) is 15.4 Å². The van der Waals surface area contributed by atoms with Gasteiger partial charge in [-0.2, -0.15) is 13.9 Å². The number of nitrogens with zero attached hydrogens (tertiary/aromatic N) is 3. The van der Waals surface area contributed by atoms with Gasteiger partial charge in [0.25, 0.3) is 11.7 Å². The van der Waals surface area contributed by atoms with Gasteiger partial charge in [-0.05, 0) is 49.4 Å². The lowest BCUT2D eigenvalue weighted by Gasteiger charge is -2.09. The van der Waals surface area contributed by atoms with Gasteiger partial charge in [-0.3, -0.25) is 9.48 Å². The molecule has 3 aromatic heterocycles. The van der Waals surface area contributed by atoms with Crippen LogP contribution in [0.4, 0.5) is 14.5 Å². The van der Waals surface area contributed by atoms with Crippen LogP contribution in [0.2, 0.25) is 0 Å². The number of furan rings is 1. The minimum atomic E-state index is -2.49. The number of rotatable bonds is 5. The van der Waals surface area contributed by atoms with Crippen molar-refractivity contribution in [1.29, 1.82) is 0 Å². The van der Waals surface area contributed by atoms with Gasteiger partial charge in [-0.15, -0.1) is 0 Å². The molecular weight excluding hydrogens is 398 g/mol. The van der Waals surface area contributed by atoms with E-state index in [1.165, 1.54) is 18.4 Å². The van der Waals surface area contributed by atoms with Gasteiger partial charge in [0.1, 0.15) is 5.69 Å². The molecule has 0 spiro atoms. The number of thioether (sulfide) groups is 1. The van der Waals surface area contributed by atoms with Crippen LogP contribution < -0.4 is 5.32 Å². The van der Waals surface area contributed by atoms with E-state index in [-0.39, 0.29) is 5.91 Å². The molecule has 1 amide bonds. The molecular formula is C20H16F2N4O2S. The quantitative estimate of drug-likeness (QED) is 0.460. The highest BCUT2D eigenvalue weighted by Crippen LogP contribution is 2.29. The minimum Gasteiger partial charge on any atom is -0.463 e. The number of alkyl halides is 2. The largest absolute Gasteiger partial charge is 0.463 e. The first-order valence-electron chi connectivity index (χ1n) is 8.67. The normalized spacial score (nSPS) is 11.3. The maximum absolute atomic E-state index is 13.0. The Morgan fingerprint density at radius 2 is 2.00 bits per heavy atom. The Hall–Kier alpha value is -3.20. The van der Waals surface area contributed by atoms with Gasteiger partial charge in [0.15, 0.2) is 11.4 Å². The van der Waals surface area contributed by atoms with Crippen molar-refractivity contribution in [3.05, 3.63) is 60.0 Å². The van der Waals surface area contributed by atoms with E-state index in [4.69, 9.17) is 4.42 Å². The highest BCUT2D eigenvalue weighted by Gasteiger charge is 2.20. The van der Waals surface area contributed by atoms with Crippen LogP contribution in [-0.2, 0) is 7.05 Å². The third kappa shape index (κ3) is 3.86. The molecule has 29 heavy (non-hydrogen) atoms. The summed E-state index contributed by atoms with van der Waals surface area (Å²) in [4.78, 5) is 18.0. The first kappa shape index (κ1) is 19.1. The molecule has 0 atom stereocenters. The van der Waals surface area contributed by atoms with Crippen molar-refractivity contribution < 1.29 is 18.0 Å². The van der Waals surface area contributed by atoms with E-state index in [1.54, 1.807) is 42.1 Å². The fourth-order valence-electron chi connectivity index (χ4n) is 3.09. The van der Waals surface area contributed by atoms with Gasteiger partial charge < -0.3 is 9.73 Å². The van der Waals surface area contributed by atoms with Crippen molar-refractivity contribution in [3.8, 4) is 11.5 Å². The Bertz CT molecular complexity index is 1170. The lowest BCUT2D eigenvalue weighted by molar-refractivity contribution is 0.102. The average molecular weight is 414 g/mol. The second kappa shape index (κ2) is 7.67. The van der Waals surface area contributed by atoms with Crippen molar-refractivity contribution >= 4 is 34.4 Å². The zero-order valence-corrected chi connectivity index (χ0v) is 16.3. The molecule has 6 nitrogen and oxygen atoms in total. The Kier molecular flexibility index (Phi) is 5.06. The van der Waals surface area contributed by atoms with Crippen molar-refractivity contribution in [2.75, 3.05) is 5.32 Å². The van der Waals surface area contributed by atoms with E-state index < -0.39 is 5.76 Å². The Morgan fingerprint density at radius 1 is 1.24 bits per heavy atom. The van der Waals surface area contributed by atoms with Crippen LogP contribution in [0.3, 0.4) is 0 Å². The van der Waals surface area contributed by atoms with Crippen molar-refractivity contribution in [3.63, 3.8) is 0 Å². The number of halogens is 2. The Balaban J connectivity index is 1.71. The summed E-state index contributed by atoms with van der Waals surface area (Å²) >= 11 is 0.454. The summed E-state index contributed by atoms with van der Waals surface area (Å²) in [5, 5.41) is 7.82. The van der Waals surface area contributed by atoms with E-state index >= 15 is 0 Å². The minimum absolute atomic E-state index is 0.351. The summed E-state index contributed by atoms with van der Waals surface area (Å²) in [6.07, 6.45) is 1.54. The van der Waals surface area contributed by atoms with Crippen molar-refractivity contribution in [1.82, 2.24) is 14.8 Å². The van der Waals surface area contributed by atoms with E-state index in [9.17, 15) is 13.6 Å². The van der Waals surface area contributed by atoms with E-state index in [0.717, 1.165) is 0 Å². The molecule has 4 aromatic rings. The van der Waals surface area contributed by atoms with E-state index in [0.29, 0.717) is 56.1 Å². The lowest BCUT2D eigenvalue weighted by Crippen LogP contribution is -2.13. The first-order valence-corrected chi connectivity index (χ1v) is 9.55. The third-order valence-corrected chi connectivity index (χ3v) is 5.05. The fourth-order valence-corrected chi connectivity index (χ4v) is 3.59. The number of amides is 1. The molecule has 0 unspecified atom stereocenters. The maximum Gasteiger partial charge on any atom is 0.288 e. The molecule has 0 aliphatic carbocycles. The topological polar surface area (TPSA) is 73.0 Å². The smallest absolute Gasteiger partial charge is 0.288 e. The van der Waals surface area contributed by atoms with Crippen LogP contribution in [0.1, 0.15) is 16.1 Å². The zero-order chi connectivity index (χ0) is 20.5. The average Bonchev–Trinajstić information content (AvgIpc) is 3.31. The molecule has 1 aromatic carbocycles. The summed E-state index contributed by atoms with van der Waals surface area (Å²) in [6, 6.07) is 11.4. The highest BCUT2D eigenvalue weighted by molar-refractivity contribution is 7.99. The molecule has 0 bridgehead atoms.